The highest BCUT2D eigenvalue weighted by Gasteiger charge is 2.55. The molecular formula is C22H19F3N6O. The standard InChI is InChI=1S/C22H19F3N6O/c1-3-21(32,22(23,24)25)20-13-30(29-28-20)12-15-6-7-31-18(8-15)17(10-26)9-19(31)16-5-4-14(2)27-11-16/h4-9,11,13,32H,3,12H2,1-2H3. The maximum Gasteiger partial charge on any atom is 0.423 e. The van der Waals surface area contributed by atoms with Crippen molar-refractivity contribution in [3.63, 3.8) is 0 Å². The van der Waals surface area contributed by atoms with Crippen LogP contribution in [0.25, 0.3) is 16.8 Å². The van der Waals surface area contributed by atoms with Gasteiger partial charge in [0.05, 0.1) is 29.5 Å². The molecule has 0 aliphatic carbocycles. The third kappa shape index (κ3) is 3.61. The molecule has 4 aromatic heterocycles. The van der Waals surface area contributed by atoms with Crippen molar-refractivity contribution in [3.05, 3.63) is 71.4 Å². The minimum Gasteiger partial charge on any atom is -0.375 e. The molecule has 0 saturated carbocycles. The van der Waals surface area contributed by atoms with Gasteiger partial charge in [-0.05, 0) is 49.2 Å². The Morgan fingerprint density at radius 3 is 2.59 bits per heavy atom. The van der Waals surface area contributed by atoms with E-state index < -0.39 is 23.9 Å². The smallest absolute Gasteiger partial charge is 0.375 e. The van der Waals surface area contributed by atoms with E-state index in [0.29, 0.717) is 16.6 Å². The van der Waals surface area contributed by atoms with E-state index in [4.69, 9.17) is 0 Å². The minimum absolute atomic E-state index is 0.124. The molecular weight excluding hydrogens is 421 g/mol. The Labute approximate surface area is 181 Å². The van der Waals surface area contributed by atoms with Crippen molar-refractivity contribution in [3.8, 4) is 17.3 Å². The third-order valence-corrected chi connectivity index (χ3v) is 5.45. The summed E-state index contributed by atoms with van der Waals surface area (Å²) in [5, 5.41) is 26.9. The molecule has 0 saturated heterocycles. The van der Waals surface area contributed by atoms with Crippen molar-refractivity contribution in [1.82, 2.24) is 24.4 Å². The molecule has 0 fully saturated rings. The fourth-order valence-electron chi connectivity index (χ4n) is 3.55. The molecule has 164 valence electrons. The topological polar surface area (TPSA) is 92.0 Å². The SMILES string of the molecule is CCC(O)(c1cn(Cc2ccn3c(-c4ccc(C)nc4)cc(C#N)c3c2)nn1)C(F)(F)F. The van der Waals surface area contributed by atoms with Gasteiger partial charge in [-0.2, -0.15) is 18.4 Å². The van der Waals surface area contributed by atoms with Gasteiger partial charge in [0.25, 0.3) is 0 Å². The van der Waals surface area contributed by atoms with E-state index in [0.717, 1.165) is 23.1 Å². The number of hydrogen-bond donors (Lipinski definition) is 1. The number of pyridine rings is 2. The number of aryl methyl sites for hydroxylation is 1. The van der Waals surface area contributed by atoms with Gasteiger partial charge in [0, 0.05) is 23.7 Å². The number of halogens is 3. The lowest BCUT2D eigenvalue weighted by molar-refractivity contribution is -0.269. The van der Waals surface area contributed by atoms with Crippen LogP contribution in [0.1, 0.15) is 35.9 Å². The molecule has 0 radical (unpaired) electrons. The molecule has 0 aliphatic rings. The lowest BCUT2D eigenvalue weighted by Gasteiger charge is -2.26. The van der Waals surface area contributed by atoms with Crippen molar-refractivity contribution in [2.24, 2.45) is 0 Å². The van der Waals surface area contributed by atoms with E-state index in [9.17, 15) is 23.5 Å². The number of rotatable bonds is 5. The molecule has 32 heavy (non-hydrogen) atoms. The molecule has 0 bridgehead atoms. The number of nitrogens with zero attached hydrogens (tertiary/aromatic N) is 6. The molecule has 1 N–H and O–H groups in total. The first-order chi connectivity index (χ1) is 15.2. The van der Waals surface area contributed by atoms with Crippen LogP contribution in [0.2, 0.25) is 0 Å². The summed E-state index contributed by atoms with van der Waals surface area (Å²) in [7, 11) is 0. The molecule has 1 unspecified atom stereocenters. The molecule has 4 heterocycles. The normalized spacial score (nSPS) is 13.8. The third-order valence-electron chi connectivity index (χ3n) is 5.45. The average Bonchev–Trinajstić information content (AvgIpc) is 3.37. The number of nitriles is 1. The van der Waals surface area contributed by atoms with Crippen molar-refractivity contribution >= 4 is 5.52 Å². The number of aromatic nitrogens is 5. The summed E-state index contributed by atoms with van der Waals surface area (Å²) in [6, 6.07) is 11.3. The number of alkyl halides is 3. The summed E-state index contributed by atoms with van der Waals surface area (Å²) in [6.07, 6.45) is -0.826. The van der Waals surface area contributed by atoms with Crippen LogP contribution in [0, 0.1) is 18.3 Å². The summed E-state index contributed by atoms with van der Waals surface area (Å²) < 4.78 is 42.9. The molecule has 4 rings (SSSR count). The Bertz CT molecular complexity index is 1320. The highest BCUT2D eigenvalue weighted by molar-refractivity contribution is 5.74. The summed E-state index contributed by atoms with van der Waals surface area (Å²) in [6.45, 7) is 3.24. The van der Waals surface area contributed by atoms with Crippen LogP contribution in [-0.4, -0.2) is 35.7 Å². The van der Waals surface area contributed by atoms with E-state index in [2.05, 4.69) is 21.4 Å². The van der Waals surface area contributed by atoms with Crippen LogP contribution in [0.3, 0.4) is 0 Å². The Balaban J connectivity index is 1.68. The van der Waals surface area contributed by atoms with Gasteiger partial charge in [0.15, 0.2) is 0 Å². The van der Waals surface area contributed by atoms with E-state index in [1.54, 1.807) is 30.6 Å². The van der Waals surface area contributed by atoms with E-state index in [1.807, 2.05) is 23.5 Å². The summed E-state index contributed by atoms with van der Waals surface area (Å²) in [4.78, 5) is 4.30. The van der Waals surface area contributed by atoms with Gasteiger partial charge in [0.2, 0.25) is 5.60 Å². The Morgan fingerprint density at radius 1 is 1.19 bits per heavy atom. The molecule has 0 aromatic carbocycles. The van der Waals surface area contributed by atoms with Gasteiger partial charge in [0.1, 0.15) is 11.8 Å². The minimum atomic E-state index is -4.86. The zero-order valence-corrected chi connectivity index (χ0v) is 17.3. The van der Waals surface area contributed by atoms with Gasteiger partial charge in [-0.1, -0.05) is 12.1 Å². The first-order valence-corrected chi connectivity index (χ1v) is 9.83. The van der Waals surface area contributed by atoms with Crippen LogP contribution >= 0.6 is 0 Å². The second kappa shape index (κ2) is 7.76. The van der Waals surface area contributed by atoms with Gasteiger partial charge in [-0.3, -0.25) is 4.98 Å². The molecule has 0 aliphatic heterocycles. The largest absolute Gasteiger partial charge is 0.423 e. The second-order valence-electron chi connectivity index (χ2n) is 7.55. The fraction of sp³-hybridized carbons (Fsp3) is 0.273. The molecule has 1 atom stereocenters. The van der Waals surface area contributed by atoms with Gasteiger partial charge >= 0.3 is 6.18 Å². The van der Waals surface area contributed by atoms with E-state index >= 15 is 0 Å². The van der Waals surface area contributed by atoms with Crippen LogP contribution in [0.15, 0.2) is 48.9 Å². The van der Waals surface area contributed by atoms with Crippen molar-refractivity contribution in [2.45, 2.75) is 38.6 Å². The monoisotopic (exact) mass is 440 g/mol. The first-order valence-electron chi connectivity index (χ1n) is 9.83. The van der Waals surface area contributed by atoms with Crippen LogP contribution in [0.5, 0.6) is 0 Å². The Morgan fingerprint density at radius 2 is 1.97 bits per heavy atom. The summed E-state index contributed by atoms with van der Waals surface area (Å²) in [5.41, 5.74) is 0.753. The maximum atomic E-state index is 13.3. The van der Waals surface area contributed by atoms with Gasteiger partial charge in [-0.15, -0.1) is 5.10 Å². The lowest BCUT2D eigenvalue weighted by Crippen LogP contribution is -2.42. The highest BCUT2D eigenvalue weighted by Crippen LogP contribution is 2.40. The van der Waals surface area contributed by atoms with Crippen molar-refractivity contribution in [1.29, 1.82) is 5.26 Å². The zero-order chi connectivity index (χ0) is 23.1. The predicted molar refractivity (Wildman–Crippen MR) is 109 cm³/mol. The number of hydrogen-bond acceptors (Lipinski definition) is 5. The van der Waals surface area contributed by atoms with Gasteiger partial charge < -0.3 is 9.51 Å². The Kier molecular flexibility index (Phi) is 5.22. The highest BCUT2D eigenvalue weighted by atomic mass is 19.4. The number of aliphatic hydroxyl groups is 1. The van der Waals surface area contributed by atoms with Crippen molar-refractivity contribution < 1.29 is 18.3 Å². The quantitative estimate of drug-likeness (QED) is 0.507. The van der Waals surface area contributed by atoms with Gasteiger partial charge in [-0.25, -0.2) is 4.68 Å². The summed E-state index contributed by atoms with van der Waals surface area (Å²) in [5.74, 6) is 0. The average molecular weight is 440 g/mol. The Hall–Kier alpha value is -3.71. The van der Waals surface area contributed by atoms with Crippen molar-refractivity contribution in [2.75, 3.05) is 0 Å². The zero-order valence-electron chi connectivity index (χ0n) is 17.3. The molecule has 4 aromatic rings. The first kappa shape index (κ1) is 21.5. The van der Waals surface area contributed by atoms with E-state index in [1.165, 1.54) is 11.6 Å². The van der Waals surface area contributed by atoms with Crippen LogP contribution < -0.4 is 0 Å². The molecule has 0 amide bonds. The van der Waals surface area contributed by atoms with E-state index in [-0.39, 0.29) is 6.54 Å². The van der Waals surface area contributed by atoms with Crippen LogP contribution in [-0.2, 0) is 12.1 Å². The van der Waals surface area contributed by atoms with Crippen LogP contribution in [0.4, 0.5) is 13.2 Å². The summed E-state index contributed by atoms with van der Waals surface area (Å²) >= 11 is 0. The predicted octanol–water partition coefficient (Wildman–Crippen LogP) is 3.98. The fourth-order valence-corrected chi connectivity index (χ4v) is 3.55. The number of fused-ring (bicyclic) bond motifs is 1. The lowest BCUT2D eigenvalue weighted by atomic mass is 9.96. The molecule has 0 spiro atoms. The second-order valence-corrected chi connectivity index (χ2v) is 7.55. The molecule has 10 heteroatoms. The molecule has 7 nitrogen and oxygen atoms in total. The maximum absolute atomic E-state index is 13.3.